The summed E-state index contributed by atoms with van der Waals surface area (Å²) in [4.78, 5) is 23.2. The summed E-state index contributed by atoms with van der Waals surface area (Å²) in [6, 6.07) is 4.80. The highest BCUT2D eigenvalue weighted by molar-refractivity contribution is 6.33. The first-order chi connectivity index (χ1) is 10.0. The van der Waals surface area contributed by atoms with Crippen LogP contribution in [0.5, 0.6) is 0 Å². The molecule has 1 aromatic rings. The molecule has 0 fully saturated rings. The van der Waals surface area contributed by atoms with E-state index in [1.807, 2.05) is 13.8 Å². The first-order valence-electron chi connectivity index (χ1n) is 7.03. The molecule has 0 bridgehead atoms. The van der Waals surface area contributed by atoms with Gasteiger partial charge >= 0.3 is 12.1 Å². The van der Waals surface area contributed by atoms with Crippen molar-refractivity contribution in [1.82, 2.24) is 0 Å². The quantitative estimate of drug-likeness (QED) is 0.853. The molecule has 0 aromatic heterocycles. The SMILES string of the molecule is CC(C)C(C(=O)O)c1ccc(Cl)c(NC(=O)OC(C)(C)C)c1. The van der Waals surface area contributed by atoms with Gasteiger partial charge in [-0.2, -0.15) is 0 Å². The van der Waals surface area contributed by atoms with Crippen molar-refractivity contribution >= 4 is 29.4 Å². The zero-order valence-electron chi connectivity index (χ0n) is 13.4. The fraction of sp³-hybridized carbons (Fsp3) is 0.500. The van der Waals surface area contributed by atoms with E-state index in [2.05, 4.69) is 5.32 Å². The number of rotatable bonds is 4. The Morgan fingerprint density at radius 2 is 1.86 bits per heavy atom. The van der Waals surface area contributed by atoms with Gasteiger partial charge in [-0.1, -0.05) is 31.5 Å². The third-order valence-electron chi connectivity index (χ3n) is 2.92. The maximum absolute atomic E-state index is 11.8. The van der Waals surface area contributed by atoms with Crippen molar-refractivity contribution < 1.29 is 19.4 Å². The summed E-state index contributed by atoms with van der Waals surface area (Å²) in [5.41, 5.74) is 0.286. The van der Waals surface area contributed by atoms with Gasteiger partial charge in [-0.25, -0.2) is 4.79 Å². The van der Waals surface area contributed by atoms with Gasteiger partial charge in [0.2, 0.25) is 0 Å². The highest BCUT2D eigenvalue weighted by Crippen LogP contribution is 2.31. The lowest BCUT2D eigenvalue weighted by Crippen LogP contribution is -2.27. The Morgan fingerprint density at radius 1 is 1.27 bits per heavy atom. The lowest BCUT2D eigenvalue weighted by atomic mass is 9.88. The average Bonchev–Trinajstić information content (AvgIpc) is 2.29. The monoisotopic (exact) mass is 327 g/mol. The van der Waals surface area contributed by atoms with Crippen LogP contribution in [0.4, 0.5) is 10.5 Å². The number of anilines is 1. The van der Waals surface area contributed by atoms with Gasteiger partial charge in [-0.15, -0.1) is 0 Å². The van der Waals surface area contributed by atoms with Crippen molar-refractivity contribution in [2.45, 2.75) is 46.1 Å². The summed E-state index contributed by atoms with van der Waals surface area (Å²) < 4.78 is 5.17. The van der Waals surface area contributed by atoms with Gasteiger partial charge in [-0.3, -0.25) is 10.1 Å². The van der Waals surface area contributed by atoms with Crippen molar-refractivity contribution in [3.8, 4) is 0 Å². The number of benzene rings is 1. The molecule has 1 rings (SSSR count). The summed E-state index contributed by atoms with van der Waals surface area (Å²) in [5, 5.41) is 12.2. The van der Waals surface area contributed by atoms with Crippen molar-refractivity contribution in [3.05, 3.63) is 28.8 Å². The standard InChI is InChI=1S/C16H22ClNO4/c1-9(2)13(14(19)20)10-6-7-11(17)12(8-10)18-15(21)22-16(3,4)5/h6-9,13H,1-5H3,(H,18,21)(H,19,20). The number of ether oxygens (including phenoxy) is 1. The lowest BCUT2D eigenvalue weighted by molar-refractivity contribution is -0.139. The number of amides is 1. The molecule has 0 spiro atoms. The largest absolute Gasteiger partial charge is 0.481 e. The molecule has 5 nitrogen and oxygen atoms in total. The van der Waals surface area contributed by atoms with Crippen LogP contribution in [-0.4, -0.2) is 22.8 Å². The fourth-order valence-electron chi connectivity index (χ4n) is 2.06. The molecule has 2 N–H and O–H groups in total. The van der Waals surface area contributed by atoms with Gasteiger partial charge in [0.25, 0.3) is 0 Å². The van der Waals surface area contributed by atoms with Crippen LogP contribution < -0.4 is 5.32 Å². The number of hydrogen-bond donors (Lipinski definition) is 2. The Balaban J connectivity index is 3.04. The highest BCUT2D eigenvalue weighted by atomic mass is 35.5. The fourth-order valence-corrected chi connectivity index (χ4v) is 2.22. The topological polar surface area (TPSA) is 75.6 Å². The molecule has 1 aromatic carbocycles. The second-order valence-electron chi connectivity index (χ2n) is 6.43. The number of carbonyl (C=O) groups excluding carboxylic acids is 1. The normalized spacial score (nSPS) is 12.9. The van der Waals surface area contributed by atoms with Crippen molar-refractivity contribution in [2.24, 2.45) is 5.92 Å². The predicted molar refractivity (Wildman–Crippen MR) is 86.5 cm³/mol. The Morgan fingerprint density at radius 3 is 2.32 bits per heavy atom. The van der Waals surface area contributed by atoms with E-state index < -0.39 is 23.6 Å². The summed E-state index contributed by atoms with van der Waals surface area (Å²) in [6.45, 7) is 8.92. The number of carbonyl (C=O) groups is 2. The number of halogens is 1. The van der Waals surface area contributed by atoms with E-state index in [1.165, 1.54) is 0 Å². The molecule has 0 heterocycles. The minimum absolute atomic E-state index is 0.0898. The number of aliphatic carboxylic acids is 1. The smallest absolute Gasteiger partial charge is 0.412 e. The van der Waals surface area contributed by atoms with E-state index in [4.69, 9.17) is 16.3 Å². The molecule has 0 aliphatic carbocycles. The third kappa shape index (κ3) is 5.22. The molecule has 22 heavy (non-hydrogen) atoms. The molecule has 1 amide bonds. The molecule has 0 saturated heterocycles. The molecule has 0 aliphatic rings. The van der Waals surface area contributed by atoms with Gasteiger partial charge < -0.3 is 9.84 Å². The van der Waals surface area contributed by atoms with Gasteiger partial charge in [0.05, 0.1) is 16.6 Å². The number of carboxylic acids is 1. The van der Waals surface area contributed by atoms with E-state index >= 15 is 0 Å². The molecule has 0 aliphatic heterocycles. The van der Waals surface area contributed by atoms with E-state index in [0.717, 1.165) is 0 Å². The molecule has 1 unspecified atom stereocenters. The Hall–Kier alpha value is -1.75. The number of carboxylic acid groups (broad SMARTS) is 1. The molecular weight excluding hydrogens is 306 g/mol. The first kappa shape index (κ1) is 18.3. The Labute approximate surface area is 135 Å². The van der Waals surface area contributed by atoms with Crippen molar-refractivity contribution in [2.75, 3.05) is 5.32 Å². The Kier molecular flexibility index (Phi) is 5.83. The Bertz CT molecular complexity index is 564. The molecular formula is C16H22ClNO4. The van der Waals surface area contributed by atoms with Crippen molar-refractivity contribution in [3.63, 3.8) is 0 Å². The van der Waals surface area contributed by atoms with Crippen molar-refractivity contribution in [1.29, 1.82) is 0 Å². The average molecular weight is 328 g/mol. The zero-order chi connectivity index (χ0) is 17.1. The van der Waals surface area contributed by atoms with E-state index in [1.54, 1.807) is 39.0 Å². The maximum atomic E-state index is 11.8. The van der Waals surface area contributed by atoms with Crippen LogP contribution in [0.2, 0.25) is 5.02 Å². The van der Waals surface area contributed by atoms with Crippen LogP contribution in [0.1, 0.15) is 46.1 Å². The van der Waals surface area contributed by atoms with Gasteiger partial charge in [0.15, 0.2) is 0 Å². The number of nitrogens with one attached hydrogen (secondary N) is 1. The van der Waals surface area contributed by atoms with Crippen LogP contribution in [0, 0.1) is 5.92 Å². The van der Waals surface area contributed by atoms with Crippen LogP contribution in [0.15, 0.2) is 18.2 Å². The zero-order valence-corrected chi connectivity index (χ0v) is 14.2. The minimum Gasteiger partial charge on any atom is -0.481 e. The van der Waals surface area contributed by atoms with E-state index in [9.17, 15) is 14.7 Å². The van der Waals surface area contributed by atoms with E-state index in [-0.39, 0.29) is 5.92 Å². The van der Waals surface area contributed by atoms with Gasteiger partial charge in [-0.05, 0) is 44.4 Å². The summed E-state index contributed by atoms with van der Waals surface area (Å²) in [6.07, 6.45) is -0.636. The minimum atomic E-state index is -0.916. The van der Waals surface area contributed by atoms with E-state index in [0.29, 0.717) is 16.3 Å². The molecule has 0 saturated carbocycles. The summed E-state index contributed by atoms with van der Waals surface area (Å²) >= 11 is 6.06. The predicted octanol–water partition coefficient (Wildman–Crippen LogP) is 4.51. The van der Waals surface area contributed by atoms with Crippen LogP contribution >= 0.6 is 11.6 Å². The molecule has 122 valence electrons. The molecule has 1 atom stereocenters. The van der Waals surface area contributed by atoms with Gasteiger partial charge in [0, 0.05) is 0 Å². The second kappa shape index (κ2) is 7.01. The molecule has 0 radical (unpaired) electrons. The van der Waals surface area contributed by atoms with Crippen LogP contribution in [-0.2, 0) is 9.53 Å². The second-order valence-corrected chi connectivity index (χ2v) is 6.83. The third-order valence-corrected chi connectivity index (χ3v) is 3.25. The maximum Gasteiger partial charge on any atom is 0.412 e. The van der Waals surface area contributed by atoms with Crippen LogP contribution in [0.3, 0.4) is 0 Å². The first-order valence-corrected chi connectivity index (χ1v) is 7.41. The van der Waals surface area contributed by atoms with Crippen LogP contribution in [0.25, 0.3) is 0 Å². The molecule has 6 heteroatoms. The van der Waals surface area contributed by atoms with Gasteiger partial charge in [0.1, 0.15) is 5.60 Å². The lowest BCUT2D eigenvalue weighted by Gasteiger charge is -2.21. The highest BCUT2D eigenvalue weighted by Gasteiger charge is 2.25. The number of hydrogen-bond acceptors (Lipinski definition) is 3. The summed E-state index contributed by atoms with van der Waals surface area (Å²) in [5.74, 6) is -1.68. The summed E-state index contributed by atoms with van der Waals surface area (Å²) in [7, 11) is 0.